The van der Waals surface area contributed by atoms with Crippen LogP contribution in [-0.4, -0.2) is 27.7 Å². The highest BCUT2D eigenvalue weighted by molar-refractivity contribution is 6.05. The van der Waals surface area contributed by atoms with Crippen molar-refractivity contribution in [2.75, 3.05) is 6.54 Å². The Morgan fingerprint density at radius 2 is 2.22 bits per heavy atom. The van der Waals surface area contributed by atoms with Gasteiger partial charge in [-0.05, 0) is 6.07 Å². The first-order valence-electron chi connectivity index (χ1n) is 5.76. The van der Waals surface area contributed by atoms with E-state index in [1.807, 2.05) is 0 Å². The number of carboxylic acids is 1. The zero-order valence-corrected chi connectivity index (χ0v) is 9.60. The minimum Gasteiger partial charge on any atom is -0.506 e. The lowest BCUT2D eigenvalue weighted by atomic mass is 9.96. The fourth-order valence-electron chi connectivity index (χ4n) is 2.42. The molecule has 0 fully saturated rings. The Balaban J connectivity index is 2.44. The second-order valence-electron chi connectivity index (χ2n) is 4.32. The molecule has 0 unspecified atom stereocenters. The third kappa shape index (κ3) is 1.52. The highest BCUT2D eigenvalue weighted by Gasteiger charge is 2.22. The van der Waals surface area contributed by atoms with Crippen LogP contribution < -0.4 is 5.32 Å². The second kappa shape index (κ2) is 3.96. The first-order valence-corrected chi connectivity index (χ1v) is 5.76. The van der Waals surface area contributed by atoms with E-state index in [4.69, 9.17) is 0 Å². The molecule has 1 aliphatic heterocycles. The van der Waals surface area contributed by atoms with Crippen molar-refractivity contribution in [1.82, 2.24) is 10.3 Å². The highest BCUT2D eigenvalue weighted by atomic mass is 16.4. The number of nitrogens with one attached hydrogen (secondary N) is 1. The molecule has 0 atom stereocenters. The number of carboxylic acid groups (broad SMARTS) is 1. The maximum Gasteiger partial charge on any atom is 0.336 e. The number of carbonyl (C=O) groups is 1. The average molecular weight is 244 g/mol. The molecule has 2 aromatic rings. The molecule has 0 bridgehead atoms. The van der Waals surface area contributed by atoms with Gasteiger partial charge in [-0.1, -0.05) is 12.1 Å². The van der Waals surface area contributed by atoms with Gasteiger partial charge in [-0.3, -0.25) is 0 Å². The Labute approximate surface area is 103 Å². The lowest BCUT2D eigenvalue weighted by molar-refractivity contribution is 0.0697. The van der Waals surface area contributed by atoms with Crippen LogP contribution in [0.25, 0.3) is 10.9 Å². The molecule has 1 aromatic carbocycles. The van der Waals surface area contributed by atoms with Gasteiger partial charge in [-0.2, -0.15) is 0 Å². The molecule has 5 nitrogen and oxygen atoms in total. The molecule has 0 saturated carbocycles. The number of fused-ring (bicyclic) bond motifs is 2. The number of hydrogen-bond donors (Lipinski definition) is 3. The smallest absolute Gasteiger partial charge is 0.336 e. The predicted molar refractivity (Wildman–Crippen MR) is 65.8 cm³/mol. The Hall–Kier alpha value is -2.14. The SMILES string of the molecule is O=C(O)c1c2c(nc3c(O)cccc13)CCNC2. The number of rotatable bonds is 1. The van der Waals surface area contributed by atoms with E-state index in [2.05, 4.69) is 10.3 Å². The van der Waals surface area contributed by atoms with E-state index in [0.717, 1.165) is 17.8 Å². The molecule has 1 aliphatic rings. The Kier molecular flexibility index (Phi) is 2.41. The summed E-state index contributed by atoms with van der Waals surface area (Å²) in [6, 6.07) is 4.84. The number of pyridine rings is 1. The first kappa shape index (κ1) is 11.0. The van der Waals surface area contributed by atoms with Gasteiger partial charge in [0.2, 0.25) is 0 Å². The van der Waals surface area contributed by atoms with E-state index >= 15 is 0 Å². The highest BCUT2D eigenvalue weighted by Crippen LogP contribution is 2.30. The van der Waals surface area contributed by atoms with Crippen molar-refractivity contribution in [2.45, 2.75) is 13.0 Å². The standard InChI is InChI=1S/C13H12N2O3/c16-10-3-1-2-7-11(13(17)18)8-6-14-5-4-9(8)15-12(7)10/h1-3,14,16H,4-6H2,(H,17,18). The van der Waals surface area contributed by atoms with Crippen LogP contribution in [0, 0.1) is 0 Å². The average Bonchev–Trinajstić information content (AvgIpc) is 2.36. The largest absolute Gasteiger partial charge is 0.506 e. The van der Waals surface area contributed by atoms with Crippen LogP contribution in [0.4, 0.5) is 0 Å². The van der Waals surface area contributed by atoms with Crippen molar-refractivity contribution in [3.8, 4) is 5.75 Å². The van der Waals surface area contributed by atoms with E-state index in [9.17, 15) is 15.0 Å². The van der Waals surface area contributed by atoms with Crippen LogP contribution in [-0.2, 0) is 13.0 Å². The summed E-state index contributed by atoms with van der Waals surface area (Å²) in [7, 11) is 0. The van der Waals surface area contributed by atoms with Crippen LogP contribution >= 0.6 is 0 Å². The minimum absolute atomic E-state index is 0.0244. The maximum atomic E-state index is 11.5. The number of aromatic hydroxyl groups is 1. The summed E-state index contributed by atoms with van der Waals surface area (Å²) in [5.74, 6) is -0.954. The van der Waals surface area contributed by atoms with Gasteiger partial charge in [-0.25, -0.2) is 9.78 Å². The van der Waals surface area contributed by atoms with Crippen LogP contribution in [0.15, 0.2) is 18.2 Å². The van der Waals surface area contributed by atoms with Gasteiger partial charge < -0.3 is 15.5 Å². The molecule has 0 aliphatic carbocycles. The van der Waals surface area contributed by atoms with Gasteiger partial charge in [0, 0.05) is 36.2 Å². The van der Waals surface area contributed by atoms with Gasteiger partial charge >= 0.3 is 5.97 Å². The van der Waals surface area contributed by atoms with Gasteiger partial charge in [0.05, 0.1) is 5.56 Å². The fraction of sp³-hybridized carbons (Fsp3) is 0.231. The topological polar surface area (TPSA) is 82.5 Å². The van der Waals surface area contributed by atoms with E-state index in [1.54, 1.807) is 12.1 Å². The molecule has 0 radical (unpaired) electrons. The fourth-order valence-corrected chi connectivity index (χ4v) is 2.42. The van der Waals surface area contributed by atoms with Crippen molar-refractivity contribution in [3.05, 3.63) is 35.0 Å². The summed E-state index contributed by atoms with van der Waals surface area (Å²) in [6.07, 6.45) is 0.680. The number of hydrogen-bond acceptors (Lipinski definition) is 4. The number of benzene rings is 1. The molecule has 2 heterocycles. The van der Waals surface area contributed by atoms with Crippen LogP contribution in [0.2, 0.25) is 0 Å². The van der Waals surface area contributed by atoms with Gasteiger partial charge in [0.15, 0.2) is 0 Å². The number of aromatic carboxylic acids is 1. The number of phenolic OH excluding ortho intramolecular Hbond substituents is 1. The molecule has 18 heavy (non-hydrogen) atoms. The lowest BCUT2D eigenvalue weighted by Gasteiger charge is -2.19. The molecule has 0 spiro atoms. The van der Waals surface area contributed by atoms with Gasteiger partial charge in [0.1, 0.15) is 11.3 Å². The third-order valence-electron chi connectivity index (χ3n) is 3.24. The maximum absolute atomic E-state index is 11.5. The van der Waals surface area contributed by atoms with Gasteiger partial charge in [0.25, 0.3) is 0 Å². The summed E-state index contributed by atoms with van der Waals surface area (Å²) in [5.41, 5.74) is 2.11. The molecule has 3 rings (SSSR count). The molecular weight excluding hydrogens is 232 g/mol. The molecule has 92 valence electrons. The van der Waals surface area contributed by atoms with Crippen molar-refractivity contribution < 1.29 is 15.0 Å². The van der Waals surface area contributed by atoms with E-state index < -0.39 is 5.97 Å². The van der Waals surface area contributed by atoms with Crippen molar-refractivity contribution in [3.63, 3.8) is 0 Å². The van der Waals surface area contributed by atoms with Crippen molar-refractivity contribution in [2.24, 2.45) is 0 Å². The van der Waals surface area contributed by atoms with E-state index in [0.29, 0.717) is 23.9 Å². The lowest BCUT2D eigenvalue weighted by Crippen LogP contribution is -2.27. The first-order chi connectivity index (χ1) is 8.68. The molecule has 1 aromatic heterocycles. The van der Waals surface area contributed by atoms with Crippen LogP contribution in [0.1, 0.15) is 21.6 Å². The molecule has 3 N–H and O–H groups in total. The molecule has 0 saturated heterocycles. The Morgan fingerprint density at radius 1 is 1.39 bits per heavy atom. The molecular formula is C13H12N2O3. The number of phenols is 1. The van der Waals surface area contributed by atoms with Crippen molar-refractivity contribution >= 4 is 16.9 Å². The number of aromatic nitrogens is 1. The molecule has 0 amide bonds. The normalized spacial score (nSPS) is 14.4. The van der Waals surface area contributed by atoms with E-state index in [1.165, 1.54) is 6.07 Å². The third-order valence-corrected chi connectivity index (χ3v) is 3.24. The number of nitrogens with zero attached hydrogens (tertiary/aromatic N) is 1. The van der Waals surface area contributed by atoms with Crippen LogP contribution in [0.5, 0.6) is 5.75 Å². The number of para-hydroxylation sites is 1. The van der Waals surface area contributed by atoms with E-state index in [-0.39, 0.29) is 11.3 Å². The summed E-state index contributed by atoms with van der Waals surface area (Å²) < 4.78 is 0. The molecule has 5 heteroatoms. The zero-order valence-electron chi connectivity index (χ0n) is 9.60. The zero-order chi connectivity index (χ0) is 12.7. The van der Waals surface area contributed by atoms with Gasteiger partial charge in [-0.15, -0.1) is 0 Å². The van der Waals surface area contributed by atoms with Crippen molar-refractivity contribution in [1.29, 1.82) is 0 Å². The minimum atomic E-state index is -0.979. The summed E-state index contributed by atoms with van der Waals surface area (Å²) in [4.78, 5) is 15.9. The Bertz CT molecular complexity index is 652. The predicted octanol–water partition coefficient (Wildman–Crippen LogP) is 1.28. The second-order valence-corrected chi connectivity index (χ2v) is 4.32. The Morgan fingerprint density at radius 3 is 3.00 bits per heavy atom. The summed E-state index contributed by atoms with van der Waals surface area (Å²) >= 11 is 0. The summed E-state index contributed by atoms with van der Waals surface area (Å²) in [6.45, 7) is 1.29. The van der Waals surface area contributed by atoms with Crippen LogP contribution in [0.3, 0.4) is 0 Å². The summed E-state index contributed by atoms with van der Waals surface area (Å²) in [5, 5.41) is 22.8. The monoisotopic (exact) mass is 244 g/mol. The quantitative estimate of drug-likeness (QED) is 0.704.